The number of hydrogen-bond donors (Lipinski definition) is 0. The Balaban J connectivity index is 2.91. The standard InChI is InChI=1S/C8H9IOP/c1-6(10)7-2-4-8(9-11)5-3-7/h2-5H,11H2,1H3/q-1. The van der Waals surface area contributed by atoms with Gasteiger partial charge in [-0.2, -0.15) is 0 Å². The van der Waals surface area contributed by atoms with Gasteiger partial charge in [0.25, 0.3) is 0 Å². The number of Topliss-reactive ketones (excluding diaryl/α,β-unsaturated/α-hetero) is 1. The molecule has 0 saturated heterocycles. The molecule has 0 N–H and O–H groups in total. The molecule has 0 amide bonds. The second-order valence-electron chi connectivity index (χ2n) is 2.17. The Hall–Kier alpha value is 0.0500. The molecule has 1 atom stereocenters. The van der Waals surface area contributed by atoms with E-state index < -0.39 is 0 Å². The molecule has 0 bridgehead atoms. The zero-order valence-electron chi connectivity index (χ0n) is 6.17. The average Bonchev–Trinajstić information content (AvgIpc) is 2.05. The van der Waals surface area contributed by atoms with Crippen LogP contribution in [0, 0.1) is 3.57 Å². The van der Waals surface area contributed by atoms with Crippen molar-refractivity contribution >= 4 is 12.7 Å². The molecule has 0 fully saturated rings. The zero-order valence-corrected chi connectivity index (χ0v) is 9.49. The Bertz CT molecular complexity index is 255. The molecule has 1 nitrogen and oxygen atoms in total. The Kier molecular flexibility index (Phi) is 3.46. The second-order valence-corrected chi connectivity index (χ2v) is 5.50. The van der Waals surface area contributed by atoms with Crippen molar-refractivity contribution in [3.63, 3.8) is 0 Å². The third-order valence-electron chi connectivity index (χ3n) is 1.38. The van der Waals surface area contributed by atoms with E-state index in [1.54, 1.807) is 6.92 Å². The quantitative estimate of drug-likeness (QED) is 0.383. The molecule has 11 heavy (non-hydrogen) atoms. The minimum atomic E-state index is 0.0821. The summed E-state index contributed by atoms with van der Waals surface area (Å²) < 4.78 is 1.35. The van der Waals surface area contributed by atoms with Gasteiger partial charge < -0.3 is 0 Å². The molecule has 0 aliphatic rings. The summed E-state index contributed by atoms with van der Waals surface area (Å²) in [5.74, 6) is 0.138. The van der Waals surface area contributed by atoms with E-state index in [2.05, 4.69) is 6.88 Å². The number of carbonyl (C=O) groups excluding carboxylic acids is 1. The summed E-state index contributed by atoms with van der Waals surface area (Å²) in [6, 6.07) is 7.83. The van der Waals surface area contributed by atoms with Crippen molar-refractivity contribution in [2.24, 2.45) is 0 Å². The Morgan fingerprint density at radius 1 is 1.36 bits per heavy atom. The Morgan fingerprint density at radius 2 is 1.91 bits per heavy atom. The Labute approximate surface area is 78.4 Å². The van der Waals surface area contributed by atoms with Crippen LogP contribution in [-0.4, -0.2) is 5.78 Å². The van der Waals surface area contributed by atoms with Crippen LogP contribution in [0.2, 0.25) is 0 Å². The first kappa shape index (κ1) is 9.14. The molecule has 0 spiro atoms. The number of rotatable bonds is 2. The average molecular weight is 279 g/mol. The van der Waals surface area contributed by atoms with Crippen LogP contribution < -0.4 is 20.7 Å². The monoisotopic (exact) mass is 279 g/mol. The van der Waals surface area contributed by atoms with Crippen LogP contribution in [0.5, 0.6) is 0 Å². The Morgan fingerprint density at radius 3 is 2.27 bits per heavy atom. The molecule has 0 aromatic heterocycles. The second kappa shape index (κ2) is 4.17. The fourth-order valence-electron chi connectivity index (χ4n) is 0.757. The van der Waals surface area contributed by atoms with Gasteiger partial charge in [0.15, 0.2) is 0 Å². The van der Waals surface area contributed by atoms with Crippen LogP contribution in [-0.2, 0) is 0 Å². The van der Waals surface area contributed by atoms with Crippen LogP contribution in [0.25, 0.3) is 0 Å². The molecule has 1 rings (SSSR count). The van der Waals surface area contributed by atoms with Gasteiger partial charge in [0.1, 0.15) is 0 Å². The van der Waals surface area contributed by atoms with Crippen molar-refractivity contribution in [2.45, 2.75) is 6.92 Å². The van der Waals surface area contributed by atoms with Gasteiger partial charge in [-0.3, -0.25) is 0 Å². The minimum absolute atomic E-state index is 0.0821. The molecule has 0 saturated carbocycles. The predicted octanol–water partition coefficient (Wildman–Crippen LogP) is -1.06. The van der Waals surface area contributed by atoms with Gasteiger partial charge >= 0.3 is 78.4 Å². The molecular formula is C8H9IOP-. The van der Waals surface area contributed by atoms with Crippen LogP contribution in [0.4, 0.5) is 0 Å². The molecule has 0 aliphatic carbocycles. The molecule has 1 aromatic carbocycles. The van der Waals surface area contributed by atoms with E-state index in [1.807, 2.05) is 24.3 Å². The summed E-state index contributed by atoms with van der Waals surface area (Å²) in [5.41, 5.74) is 0.802. The number of hydrogen-bond acceptors (Lipinski definition) is 1. The number of carbonyl (C=O) groups is 1. The van der Waals surface area contributed by atoms with E-state index in [0.29, 0.717) is 0 Å². The van der Waals surface area contributed by atoms with Crippen LogP contribution in [0.3, 0.4) is 0 Å². The summed E-state index contributed by atoms with van der Waals surface area (Å²) in [7, 11) is 0. The van der Waals surface area contributed by atoms with Crippen LogP contribution in [0.1, 0.15) is 17.3 Å². The van der Waals surface area contributed by atoms with Gasteiger partial charge in [-0.05, 0) is 0 Å². The molecule has 1 aromatic rings. The molecule has 0 heterocycles. The van der Waals surface area contributed by atoms with Gasteiger partial charge in [0.05, 0.1) is 0 Å². The summed E-state index contributed by atoms with van der Waals surface area (Å²) in [5, 5.41) is 0. The first-order chi connectivity index (χ1) is 5.24. The van der Waals surface area contributed by atoms with Crippen molar-refractivity contribution in [2.75, 3.05) is 0 Å². The normalized spacial score (nSPS) is 10.0. The molecule has 1 unspecified atom stereocenters. The maximum absolute atomic E-state index is 10.8. The topological polar surface area (TPSA) is 17.1 Å². The van der Waals surface area contributed by atoms with Gasteiger partial charge in [-0.1, -0.05) is 0 Å². The predicted molar refractivity (Wildman–Crippen MR) is 44.9 cm³/mol. The first-order valence-electron chi connectivity index (χ1n) is 3.18. The van der Waals surface area contributed by atoms with Gasteiger partial charge in [0.2, 0.25) is 0 Å². The molecule has 0 radical (unpaired) electrons. The van der Waals surface area contributed by atoms with Crippen molar-refractivity contribution in [1.29, 1.82) is 0 Å². The fourth-order valence-corrected chi connectivity index (χ4v) is 2.51. The number of benzene rings is 1. The number of halogens is 1. The summed E-state index contributed by atoms with van der Waals surface area (Å²) in [6.45, 7) is 4.35. The summed E-state index contributed by atoms with van der Waals surface area (Å²) in [4.78, 5) is 10.8. The van der Waals surface area contributed by atoms with Crippen LogP contribution in [0.15, 0.2) is 24.3 Å². The van der Waals surface area contributed by atoms with E-state index in [4.69, 9.17) is 0 Å². The van der Waals surface area contributed by atoms with E-state index >= 15 is 0 Å². The van der Waals surface area contributed by atoms with Crippen molar-refractivity contribution in [3.8, 4) is 0 Å². The third-order valence-corrected chi connectivity index (χ3v) is 4.51. The van der Waals surface area contributed by atoms with Gasteiger partial charge in [0, 0.05) is 0 Å². The van der Waals surface area contributed by atoms with E-state index in [0.717, 1.165) is 5.56 Å². The maximum atomic E-state index is 10.8. The fraction of sp³-hybridized carbons (Fsp3) is 0.125. The summed E-state index contributed by atoms with van der Waals surface area (Å²) >= 11 is 0.0821. The van der Waals surface area contributed by atoms with E-state index in [-0.39, 0.29) is 26.4 Å². The van der Waals surface area contributed by atoms with Gasteiger partial charge in [-0.15, -0.1) is 0 Å². The molecule has 60 valence electrons. The van der Waals surface area contributed by atoms with Crippen molar-refractivity contribution in [1.82, 2.24) is 0 Å². The zero-order chi connectivity index (χ0) is 8.27. The molecule has 0 aliphatic heterocycles. The van der Waals surface area contributed by atoms with Crippen molar-refractivity contribution in [3.05, 3.63) is 33.4 Å². The van der Waals surface area contributed by atoms with E-state index in [1.165, 1.54) is 3.57 Å². The first-order valence-corrected chi connectivity index (χ1v) is 8.43. The van der Waals surface area contributed by atoms with E-state index in [9.17, 15) is 4.79 Å². The van der Waals surface area contributed by atoms with Crippen molar-refractivity contribution < 1.29 is 25.4 Å². The van der Waals surface area contributed by atoms with Crippen LogP contribution >= 0.6 is 6.88 Å². The molecular weight excluding hydrogens is 270 g/mol. The summed E-state index contributed by atoms with van der Waals surface area (Å²) in [6.07, 6.45) is 0. The third kappa shape index (κ3) is 2.53. The van der Waals surface area contributed by atoms with Gasteiger partial charge in [-0.25, -0.2) is 0 Å². The molecule has 3 heteroatoms. The number of ketones is 1. The SMILES string of the molecule is CC(=O)c1ccc([I-]P)cc1.